The summed E-state index contributed by atoms with van der Waals surface area (Å²) >= 11 is 6.71. The van der Waals surface area contributed by atoms with Crippen LogP contribution >= 0.6 is 31.9 Å². The summed E-state index contributed by atoms with van der Waals surface area (Å²) in [5, 5.41) is 6.28. The van der Waals surface area contributed by atoms with E-state index in [1.54, 1.807) is 37.4 Å². The second-order valence-corrected chi connectivity index (χ2v) is 6.55. The molecule has 0 fully saturated rings. The van der Waals surface area contributed by atoms with E-state index in [2.05, 4.69) is 47.2 Å². The Labute approximate surface area is 161 Å². The van der Waals surface area contributed by atoms with Crippen LogP contribution < -0.4 is 15.4 Å². The number of ether oxygens (including phenoxy) is 1. The highest BCUT2D eigenvalue weighted by Crippen LogP contribution is 2.26. The van der Waals surface area contributed by atoms with Crippen molar-refractivity contribution < 1.29 is 18.3 Å². The Bertz CT molecular complexity index is 757. The normalized spacial score (nSPS) is 10.6. The van der Waals surface area contributed by atoms with Crippen LogP contribution in [0.25, 0.3) is 0 Å². The summed E-state index contributed by atoms with van der Waals surface area (Å²) in [6, 6.07) is 10.2. The first-order valence-electron chi connectivity index (χ1n) is 7.32. The van der Waals surface area contributed by atoms with Crippen LogP contribution in [-0.2, 0) is 11.9 Å². The number of halogens is 4. The predicted molar refractivity (Wildman–Crippen MR) is 101 cm³/mol. The van der Waals surface area contributed by atoms with Crippen LogP contribution in [0.1, 0.15) is 21.5 Å². The summed E-state index contributed by atoms with van der Waals surface area (Å²) in [7, 11) is 1.54. The van der Waals surface area contributed by atoms with Crippen molar-refractivity contribution in [1.29, 1.82) is 0 Å². The largest absolute Gasteiger partial charge is 0.434 e. The monoisotopic (exact) mass is 476 g/mol. The highest BCUT2D eigenvalue weighted by molar-refractivity contribution is 9.10. The lowest BCUT2D eigenvalue weighted by atomic mass is 10.1. The molecule has 25 heavy (non-hydrogen) atoms. The fraction of sp³-hybridized carbons (Fsp3) is 0.235. The van der Waals surface area contributed by atoms with Gasteiger partial charge in [-0.2, -0.15) is 8.78 Å². The van der Waals surface area contributed by atoms with E-state index < -0.39 is 6.61 Å². The summed E-state index contributed by atoms with van der Waals surface area (Å²) in [5.41, 5.74) is 2.54. The van der Waals surface area contributed by atoms with Gasteiger partial charge >= 0.3 is 6.61 Å². The number of anilines is 1. The molecule has 0 aliphatic carbocycles. The van der Waals surface area contributed by atoms with Crippen molar-refractivity contribution in [3.05, 3.63) is 57.6 Å². The van der Waals surface area contributed by atoms with Crippen LogP contribution in [0.15, 0.2) is 40.9 Å². The zero-order chi connectivity index (χ0) is 18.4. The molecule has 0 spiro atoms. The Morgan fingerprint density at radius 1 is 1.24 bits per heavy atom. The lowest BCUT2D eigenvalue weighted by Crippen LogP contribution is -2.19. The Morgan fingerprint density at radius 3 is 2.64 bits per heavy atom. The molecule has 0 atom stereocenters. The van der Waals surface area contributed by atoms with Gasteiger partial charge in [-0.3, -0.25) is 4.79 Å². The standard InChI is InChI=1S/C17H16Br2F2N2O2/c1-22-16(24)13-4-3-12(19)7-14(13)23-9-11-6-10(8-18)2-5-15(11)25-17(20)21/h2-7,17,23H,8-9H2,1H3,(H,22,24). The molecule has 0 bridgehead atoms. The predicted octanol–water partition coefficient (Wildman–Crippen LogP) is 4.92. The van der Waals surface area contributed by atoms with Crippen LogP contribution in [0, 0.1) is 0 Å². The fourth-order valence-electron chi connectivity index (χ4n) is 2.25. The Balaban J connectivity index is 2.29. The van der Waals surface area contributed by atoms with Crippen molar-refractivity contribution in [3.8, 4) is 5.75 Å². The lowest BCUT2D eigenvalue weighted by Gasteiger charge is -2.15. The minimum Gasteiger partial charge on any atom is -0.434 e. The first kappa shape index (κ1) is 19.7. The van der Waals surface area contributed by atoms with E-state index in [0.717, 1.165) is 10.0 Å². The molecule has 0 saturated heterocycles. The van der Waals surface area contributed by atoms with Crippen LogP contribution in [0.2, 0.25) is 0 Å². The number of amides is 1. The zero-order valence-corrected chi connectivity index (χ0v) is 16.5. The van der Waals surface area contributed by atoms with Gasteiger partial charge in [-0.15, -0.1) is 0 Å². The fourth-order valence-corrected chi connectivity index (χ4v) is 2.96. The molecule has 0 aliphatic heterocycles. The average molecular weight is 478 g/mol. The molecule has 4 nitrogen and oxygen atoms in total. The van der Waals surface area contributed by atoms with E-state index in [9.17, 15) is 13.6 Å². The molecule has 0 unspecified atom stereocenters. The van der Waals surface area contributed by atoms with Crippen molar-refractivity contribution in [3.63, 3.8) is 0 Å². The second-order valence-electron chi connectivity index (χ2n) is 5.08. The van der Waals surface area contributed by atoms with E-state index >= 15 is 0 Å². The lowest BCUT2D eigenvalue weighted by molar-refractivity contribution is -0.0504. The van der Waals surface area contributed by atoms with E-state index in [0.29, 0.717) is 22.1 Å². The van der Waals surface area contributed by atoms with E-state index in [1.165, 1.54) is 6.07 Å². The molecule has 1 amide bonds. The van der Waals surface area contributed by atoms with Crippen molar-refractivity contribution in [1.82, 2.24) is 5.32 Å². The Kier molecular flexibility index (Phi) is 7.19. The van der Waals surface area contributed by atoms with Crippen LogP contribution in [0.5, 0.6) is 5.75 Å². The number of alkyl halides is 3. The number of nitrogens with one attached hydrogen (secondary N) is 2. The van der Waals surface area contributed by atoms with Gasteiger partial charge in [0.25, 0.3) is 5.91 Å². The molecule has 2 N–H and O–H groups in total. The van der Waals surface area contributed by atoms with Gasteiger partial charge in [0, 0.05) is 34.6 Å². The van der Waals surface area contributed by atoms with Gasteiger partial charge in [0.15, 0.2) is 0 Å². The quantitative estimate of drug-likeness (QED) is 0.556. The minimum absolute atomic E-state index is 0.101. The van der Waals surface area contributed by atoms with Gasteiger partial charge in [0.2, 0.25) is 0 Å². The highest BCUT2D eigenvalue weighted by Gasteiger charge is 2.13. The summed E-state index contributed by atoms with van der Waals surface area (Å²) in [5.74, 6) is -0.142. The second kappa shape index (κ2) is 9.15. The van der Waals surface area contributed by atoms with Gasteiger partial charge < -0.3 is 15.4 Å². The third-order valence-electron chi connectivity index (χ3n) is 3.42. The zero-order valence-electron chi connectivity index (χ0n) is 13.3. The molecule has 2 rings (SSSR count). The first-order valence-corrected chi connectivity index (χ1v) is 9.24. The summed E-state index contributed by atoms with van der Waals surface area (Å²) in [6.45, 7) is -2.68. The van der Waals surface area contributed by atoms with Crippen molar-refractivity contribution in [2.75, 3.05) is 12.4 Å². The maximum absolute atomic E-state index is 12.6. The molecule has 0 heterocycles. The summed E-state index contributed by atoms with van der Waals surface area (Å²) in [6.07, 6.45) is 0. The molecule has 2 aromatic carbocycles. The molecule has 0 radical (unpaired) electrons. The maximum atomic E-state index is 12.6. The first-order chi connectivity index (χ1) is 11.9. The topological polar surface area (TPSA) is 50.4 Å². The molecule has 0 aromatic heterocycles. The van der Waals surface area contributed by atoms with Gasteiger partial charge in [-0.1, -0.05) is 37.9 Å². The van der Waals surface area contributed by atoms with Crippen LogP contribution in [0.3, 0.4) is 0 Å². The third kappa shape index (κ3) is 5.40. The number of carbonyl (C=O) groups is 1. The van der Waals surface area contributed by atoms with Crippen LogP contribution in [-0.4, -0.2) is 19.6 Å². The van der Waals surface area contributed by atoms with Crippen LogP contribution in [0.4, 0.5) is 14.5 Å². The van der Waals surface area contributed by atoms with Gasteiger partial charge in [0.1, 0.15) is 5.75 Å². The van der Waals surface area contributed by atoms with E-state index in [1.807, 2.05) is 0 Å². The van der Waals surface area contributed by atoms with Crippen molar-refractivity contribution in [2.45, 2.75) is 18.5 Å². The maximum Gasteiger partial charge on any atom is 0.387 e. The average Bonchev–Trinajstić information content (AvgIpc) is 2.59. The molecule has 2 aromatic rings. The third-order valence-corrected chi connectivity index (χ3v) is 4.56. The number of carbonyl (C=O) groups excluding carboxylic acids is 1. The number of hydrogen-bond donors (Lipinski definition) is 2. The molecule has 134 valence electrons. The molecule has 0 saturated carbocycles. The molecular weight excluding hydrogens is 462 g/mol. The minimum atomic E-state index is -2.90. The molecule has 0 aliphatic rings. The number of hydrogen-bond acceptors (Lipinski definition) is 3. The van der Waals surface area contributed by atoms with Gasteiger partial charge in [-0.05, 0) is 35.9 Å². The van der Waals surface area contributed by atoms with Gasteiger partial charge in [0.05, 0.1) is 5.56 Å². The Morgan fingerprint density at radius 2 is 2.00 bits per heavy atom. The van der Waals surface area contributed by atoms with Gasteiger partial charge in [-0.25, -0.2) is 0 Å². The Hall–Kier alpha value is -1.67. The van der Waals surface area contributed by atoms with Crippen molar-refractivity contribution >= 4 is 43.5 Å². The van der Waals surface area contributed by atoms with E-state index in [-0.39, 0.29) is 18.2 Å². The molecule has 8 heteroatoms. The summed E-state index contributed by atoms with van der Waals surface area (Å²) in [4.78, 5) is 12.0. The number of benzene rings is 2. The highest BCUT2D eigenvalue weighted by atomic mass is 79.9. The number of rotatable bonds is 7. The van der Waals surface area contributed by atoms with Crippen molar-refractivity contribution in [2.24, 2.45) is 0 Å². The smallest absolute Gasteiger partial charge is 0.387 e. The van der Waals surface area contributed by atoms with E-state index in [4.69, 9.17) is 0 Å². The molecular formula is C17H16Br2F2N2O2. The summed E-state index contributed by atoms with van der Waals surface area (Å²) < 4.78 is 30.6. The SMILES string of the molecule is CNC(=O)c1ccc(Br)cc1NCc1cc(CBr)ccc1OC(F)F.